The van der Waals surface area contributed by atoms with Crippen molar-refractivity contribution in [2.75, 3.05) is 0 Å². The molecule has 17 heavy (non-hydrogen) atoms. The molecule has 2 nitrogen and oxygen atoms in total. The van der Waals surface area contributed by atoms with Crippen LogP contribution < -0.4 is 0 Å². The van der Waals surface area contributed by atoms with Crippen LogP contribution in [0.15, 0.2) is 46.5 Å². The fourth-order valence-corrected chi connectivity index (χ4v) is 2.49. The van der Waals surface area contributed by atoms with Crippen molar-refractivity contribution < 1.29 is 0 Å². The van der Waals surface area contributed by atoms with Crippen molar-refractivity contribution in [3.8, 4) is 6.07 Å². The second kappa shape index (κ2) is 5.42. The maximum Gasteiger partial charge on any atom is 0.100 e. The fourth-order valence-electron chi connectivity index (χ4n) is 1.22. The Morgan fingerprint density at radius 1 is 1.18 bits per heavy atom. The van der Waals surface area contributed by atoms with Gasteiger partial charge in [-0.1, -0.05) is 35.0 Å². The first-order valence-electron chi connectivity index (χ1n) is 4.67. The maximum atomic E-state index is 8.96. The largest absolute Gasteiger partial charge is 0.263 e. The van der Waals surface area contributed by atoms with Gasteiger partial charge in [-0.3, -0.25) is 4.98 Å². The molecule has 0 aliphatic heterocycles. The van der Waals surface area contributed by atoms with Crippen LogP contribution in [-0.2, 0) is 0 Å². The molecule has 5 heteroatoms. The lowest BCUT2D eigenvalue weighted by molar-refractivity contribution is 1.21. The van der Waals surface area contributed by atoms with Crippen LogP contribution in [0.3, 0.4) is 0 Å². The van der Waals surface area contributed by atoms with Crippen LogP contribution in [0.25, 0.3) is 0 Å². The quantitative estimate of drug-likeness (QED) is 0.818. The Bertz CT molecular complexity index is 593. The molecule has 1 aromatic carbocycles. The molecule has 0 saturated carbocycles. The summed E-state index contributed by atoms with van der Waals surface area (Å²) >= 11 is 13.2. The number of nitriles is 1. The van der Waals surface area contributed by atoms with Gasteiger partial charge in [0.15, 0.2) is 0 Å². The number of nitrogens with zero attached hydrogens (tertiary/aromatic N) is 2. The Morgan fingerprint density at radius 3 is 2.71 bits per heavy atom. The third-order valence-corrected chi connectivity index (χ3v) is 3.80. The molecular weight excluding hydrogens is 275 g/mol. The molecule has 0 bridgehead atoms. The first kappa shape index (κ1) is 12.3. The van der Waals surface area contributed by atoms with Crippen LogP contribution in [0.4, 0.5) is 0 Å². The summed E-state index contributed by atoms with van der Waals surface area (Å²) in [6, 6.07) is 9.15. The molecule has 1 aromatic heterocycles. The monoisotopic (exact) mass is 280 g/mol. The van der Waals surface area contributed by atoms with Gasteiger partial charge in [0, 0.05) is 22.2 Å². The van der Waals surface area contributed by atoms with Gasteiger partial charge in [-0.2, -0.15) is 5.26 Å². The second-order valence-electron chi connectivity index (χ2n) is 3.16. The molecule has 1 heterocycles. The van der Waals surface area contributed by atoms with Gasteiger partial charge in [0.25, 0.3) is 0 Å². The summed E-state index contributed by atoms with van der Waals surface area (Å²) in [5, 5.41) is 9.97. The van der Waals surface area contributed by atoms with E-state index in [2.05, 4.69) is 11.1 Å². The zero-order valence-electron chi connectivity index (χ0n) is 8.52. The van der Waals surface area contributed by atoms with E-state index in [1.54, 1.807) is 30.6 Å². The van der Waals surface area contributed by atoms with E-state index in [1.807, 2.05) is 6.07 Å². The molecule has 0 aliphatic rings. The molecule has 84 valence electrons. The zero-order chi connectivity index (χ0) is 12.3. The molecular formula is C12H6Cl2N2S. The van der Waals surface area contributed by atoms with E-state index in [1.165, 1.54) is 11.8 Å². The van der Waals surface area contributed by atoms with E-state index in [0.717, 1.165) is 9.79 Å². The zero-order valence-corrected chi connectivity index (χ0v) is 10.9. The summed E-state index contributed by atoms with van der Waals surface area (Å²) in [6.07, 6.45) is 3.25. The van der Waals surface area contributed by atoms with E-state index < -0.39 is 0 Å². The first-order chi connectivity index (χ1) is 8.20. The first-order valence-corrected chi connectivity index (χ1v) is 6.25. The summed E-state index contributed by atoms with van der Waals surface area (Å²) < 4.78 is 0. The van der Waals surface area contributed by atoms with Crippen molar-refractivity contribution >= 4 is 35.0 Å². The van der Waals surface area contributed by atoms with Gasteiger partial charge in [0.05, 0.1) is 15.6 Å². The lowest BCUT2D eigenvalue weighted by Gasteiger charge is -2.04. The van der Waals surface area contributed by atoms with Crippen LogP contribution in [0, 0.1) is 11.3 Å². The van der Waals surface area contributed by atoms with Gasteiger partial charge in [-0.05, 0) is 24.3 Å². The minimum absolute atomic E-state index is 0.499. The molecule has 2 aromatic rings. The Kier molecular flexibility index (Phi) is 3.90. The average Bonchev–Trinajstić information content (AvgIpc) is 2.34. The van der Waals surface area contributed by atoms with Crippen molar-refractivity contribution in [1.82, 2.24) is 4.98 Å². The van der Waals surface area contributed by atoms with Gasteiger partial charge < -0.3 is 0 Å². The van der Waals surface area contributed by atoms with Gasteiger partial charge in [0.1, 0.15) is 6.07 Å². The molecule has 0 N–H and O–H groups in total. The van der Waals surface area contributed by atoms with Crippen molar-refractivity contribution in [2.45, 2.75) is 9.79 Å². The minimum atomic E-state index is 0.499. The van der Waals surface area contributed by atoms with Crippen molar-refractivity contribution in [2.24, 2.45) is 0 Å². The predicted octanol–water partition coefficient (Wildman–Crippen LogP) is 4.41. The highest BCUT2D eigenvalue weighted by Gasteiger charge is 2.05. The Hall–Kier alpha value is -1.21. The highest BCUT2D eigenvalue weighted by atomic mass is 35.5. The normalized spacial score (nSPS) is 9.94. The second-order valence-corrected chi connectivity index (χ2v) is 5.09. The number of halogens is 2. The number of aromatic nitrogens is 1. The van der Waals surface area contributed by atoms with Crippen molar-refractivity contribution in [3.05, 3.63) is 52.3 Å². The highest BCUT2D eigenvalue weighted by Crippen LogP contribution is 2.33. The van der Waals surface area contributed by atoms with Crippen molar-refractivity contribution in [3.63, 3.8) is 0 Å². The van der Waals surface area contributed by atoms with Crippen LogP contribution in [0.2, 0.25) is 10.0 Å². The topological polar surface area (TPSA) is 36.7 Å². The van der Waals surface area contributed by atoms with Gasteiger partial charge in [-0.15, -0.1) is 0 Å². The molecule has 0 fully saturated rings. The van der Waals surface area contributed by atoms with Crippen LogP contribution >= 0.6 is 35.0 Å². The third kappa shape index (κ3) is 2.92. The van der Waals surface area contributed by atoms with E-state index >= 15 is 0 Å². The van der Waals surface area contributed by atoms with Gasteiger partial charge in [0.2, 0.25) is 0 Å². The molecule has 0 amide bonds. The molecule has 0 aliphatic carbocycles. The number of hydrogen-bond acceptors (Lipinski definition) is 3. The van der Waals surface area contributed by atoms with Gasteiger partial charge in [-0.25, -0.2) is 0 Å². The molecule has 0 saturated heterocycles. The Labute approximate surface area is 113 Å². The average molecular weight is 281 g/mol. The van der Waals surface area contributed by atoms with Crippen LogP contribution in [0.1, 0.15) is 5.56 Å². The van der Waals surface area contributed by atoms with E-state index in [9.17, 15) is 0 Å². The Morgan fingerprint density at radius 2 is 2.00 bits per heavy atom. The van der Waals surface area contributed by atoms with E-state index in [-0.39, 0.29) is 0 Å². The van der Waals surface area contributed by atoms with Crippen LogP contribution in [0.5, 0.6) is 0 Å². The molecule has 0 atom stereocenters. The predicted molar refractivity (Wildman–Crippen MR) is 69.5 cm³/mol. The van der Waals surface area contributed by atoms with Crippen LogP contribution in [-0.4, -0.2) is 4.98 Å². The number of hydrogen-bond donors (Lipinski definition) is 0. The smallest absolute Gasteiger partial charge is 0.100 e. The highest BCUT2D eigenvalue weighted by molar-refractivity contribution is 7.99. The van der Waals surface area contributed by atoms with E-state index in [4.69, 9.17) is 28.5 Å². The Balaban J connectivity index is 2.32. The lowest BCUT2D eigenvalue weighted by Crippen LogP contribution is -1.83. The lowest BCUT2D eigenvalue weighted by atomic mass is 10.3. The SMILES string of the molecule is N#Cc1ccncc1Sc1ccc(Cl)c(Cl)c1. The summed E-state index contributed by atoms with van der Waals surface area (Å²) in [6.45, 7) is 0. The molecule has 0 unspecified atom stereocenters. The summed E-state index contributed by atoms with van der Waals surface area (Å²) in [5.74, 6) is 0. The molecule has 0 spiro atoms. The number of benzene rings is 1. The maximum absolute atomic E-state index is 8.96. The molecule has 0 radical (unpaired) electrons. The minimum Gasteiger partial charge on any atom is -0.263 e. The van der Waals surface area contributed by atoms with E-state index in [0.29, 0.717) is 15.6 Å². The standard InChI is InChI=1S/C12H6Cl2N2S/c13-10-2-1-9(5-11(10)14)17-12-7-16-4-3-8(12)6-15/h1-5,7H. The number of pyridine rings is 1. The fraction of sp³-hybridized carbons (Fsp3) is 0. The molecule has 2 rings (SSSR count). The summed E-state index contributed by atoms with van der Waals surface area (Å²) in [7, 11) is 0. The number of rotatable bonds is 2. The third-order valence-electron chi connectivity index (χ3n) is 2.02. The summed E-state index contributed by atoms with van der Waals surface area (Å²) in [4.78, 5) is 5.72. The van der Waals surface area contributed by atoms with Crippen molar-refractivity contribution in [1.29, 1.82) is 5.26 Å². The van der Waals surface area contributed by atoms with Gasteiger partial charge >= 0.3 is 0 Å². The summed E-state index contributed by atoms with van der Waals surface area (Å²) in [5.41, 5.74) is 0.594.